The van der Waals surface area contributed by atoms with Gasteiger partial charge in [-0.25, -0.2) is 9.97 Å². The van der Waals surface area contributed by atoms with E-state index in [1.165, 1.54) is 19.2 Å². The number of rotatable bonds is 1. The van der Waals surface area contributed by atoms with Crippen molar-refractivity contribution in [3.63, 3.8) is 0 Å². The molecular formula is C15H21N5O2. The Morgan fingerprint density at radius 2 is 2.14 bits per heavy atom. The summed E-state index contributed by atoms with van der Waals surface area (Å²) in [6.45, 7) is 7.64. The molecule has 7 nitrogen and oxygen atoms in total. The number of carbonyl (C=O) groups is 1. The molecule has 2 N–H and O–H groups in total. The number of nitrogens with one attached hydrogen (secondary N) is 2. The van der Waals surface area contributed by atoms with Gasteiger partial charge in [0.1, 0.15) is 6.33 Å². The van der Waals surface area contributed by atoms with Crippen molar-refractivity contribution in [2.75, 3.05) is 36.4 Å². The second-order valence-electron chi connectivity index (χ2n) is 7.08. The fourth-order valence-electron chi connectivity index (χ4n) is 3.55. The molecule has 7 heteroatoms. The Morgan fingerprint density at radius 3 is 2.86 bits per heavy atom. The number of piperidine rings is 1. The Morgan fingerprint density at radius 1 is 1.32 bits per heavy atom. The van der Waals surface area contributed by atoms with Crippen LogP contribution in [0.1, 0.15) is 26.7 Å². The molecule has 0 saturated carbocycles. The van der Waals surface area contributed by atoms with E-state index in [0.29, 0.717) is 17.0 Å². The zero-order chi connectivity index (χ0) is 15.4. The lowest BCUT2D eigenvalue weighted by Gasteiger charge is -2.53. The summed E-state index contributed by atoms with van der Waals surface area (Å²) in [5.74, 6) is 1.67. The topological polar surface area (TPSA) is 79.4 Å². The van der Waals surface area contributed by atoms with Gasteiger partial charge < -0.3 is 20.3 Å². The Bertz CT molecular complexity index is 616. The fraction of sp³-hybridized carbons (Fsp3) is 0.667. The van der Waals surface area contributed by atoms with Crippen LogP contribution in [0.2, 0.25) is 0 Å². The zero-order valence-electron chi connectivity index (χ0n) is 13.0. The monoisotopic (exact) mass is 303 g/mol. The summed E-state index contributed by atoms with van der Waals surface area (Å²) < 4.78 is 5.90. The molecule has 4 rings (SSSR count). The molecule has 0 radical (unpaired) electrons. The second-order valence-corrected chi connectivity index (χ2v) is 7.08. The van der Waals surface area contributed by atoms with Crippen molar-refractivity contribution in [3.8, 4) is 5.75 Å². The number of hydrogen-bond donors (Lipinski definition) is 2. The van der Waals surface area contributed by atoms with Crippen LogP contribution in [0, 0.1) is 5.41 Å². The van der Waals surface area contributed by atoms with Crippen molar-refractivity contribution in [1.29, 1.82) is 0 Å². The SMILES string of the molecule is CC1(C)Oc2c(ncnc2N2CC3(CCCNC3)C2)NC1=O. The number of fused-ring (bicyclic) bond motifs is 1. The first-order valence-corrected chi connectivity index (χ1v) is 7.80. The van der Waals surface area contributed by atoms with Crippen molar-refractivity contribution in [1.82, 2.24) is 15.3 Å². The molecule has 1 aromatic heterocycles. The van der Waals surface area contributed by atoms with E-state index >= 15 is 0 Å². The molecule has 3 aliphatic rings. The highest BCUT2D eigenvalue weighted by molar-refractivity contribution is 6.00. The summed E-state index contributed by atoms with van der Waals surface area (Å²) in [5.41, 5.74) is -0.537. The number of aromatic nitrogens is 2. The summed E-state index contributed by atoms with van der Waals surface area (Å²) in [6.07, 6.45) is 3.97. The van der Waals surface area contributed by atoms with E-state index in [9.17, 15) is 4.79 Å². The van der Waals surface area contributed by atoms with E-state index in [2.05, 4.69) is 25.5 Å². The number of hydrogen-bond acceptors (Lipinski definition) is 6. The standard InChI is InChI=1S/C15H21N5O2/c1-14(2)13(21)19-11-10(22-14)12(18-9-17-11)20-7-15(8-20)4-3-5-16-6-15/h9,16H,3-8H2,1-2H3,(H,17,18,19,21). The molecule has 1 spiro atoms. The normalized spacial score (nSPS) is 25.0. The number of ether oxygens (including phenoxy) is 1. The lowest BCUT2D eigenvalue weighted by atomic mass is 9.74. The van der Waals surface area contributed by atoms with E-state index < -0.39 is 5.60 Å². The van der Waals surface area contributed by atoms with E-state index in [-0.39, 0.29) is 5.91 Å². The first-order chi connectivity index (χ1) is 10.5. The van der Waals surface area contributed by atoms with Gasteiger partial charge in [0.25, 0.3) is 5.91 Å². The van der Waals surface area contributed by atoms with Gasteiger partial charge in [0.2, 0.25) is 5.75 Å². The summed E-state index contributed by atoms with van der Waals surface area (Å²) in [5, 5.41) is 6.29. The minimum Gasteiger partial charge on any atom is -0.470 e. The average molecular weight is 303 g/mol. The third-order valence-corrected chi connectivity index (χ3v) is 4.83. The molecule has 1 amide bonds. The summed E-state index contributed by atoms with van der Waals surface area (Å²) in [7, 11) is 0. The van der Waals surface area contributed by atoms with E-state index in [4.69, 9.17) is 4.74 Å². The zero-order valence-corrected chi connectivity index (χ0v) is 13.0. The Kier molecular flexibility index (Phi) is 2.84. The van der Waals surface area contributed by atoms with E-state index in [1.54, 1.807) is 13.8 Å². The molecule has 0 atom stereocenters. The quantitative estimate of drug-likeness (QED) is 0.798. The van der Waals surface area contributed by atoms with Gasteiger partial charge in [-0.2, -0.15) is 0 Å². The van der Waals surface area contributed by atoms with Crippen LogP contribution in [0.25, 0.3) is 0 Å². The number of amides is 1. The minimum atomic E-state index is -0.901. The van der Waals surface area contributed by atoms with Gasteiger partial charge in [0.15, 0.2) is 17.2 Å². The second kappa shape index (κ2) is 4.55. The van der Waals surface area contributed by atoms with Crippen LogP contribution in [0.5, 0.6) is 5.75 Å². The van der Waals surface area contributed by atoms with Crippen molar-refractivity contribution >= 4 is 17.5 Å². The summed E-state index contributed by atoms with van der Waals surface area (Å²) in [4.78, 5) is 22.7. The van der Waals surface area contributed by atoms with E-state index in [0.717, 1.165) is 32.0 Å². The lowest BCUT2D eigenvalue weighted by molar-refractivity contribution is -0.129. The molecule has 0 aromatic carbocycles. The van der Waals surface area contributed by atoms with Crippen LogP contribution in [-0.4, -0.2) is 47.7 Å². The molecule has 3 aliphatic heterocycles. The molecule has 0 bridgehead atoms. The first kappa shape index (κ1) is 13.8. The first-order valence-electron chi connectivity index (χ1n) is 7.80. The third kappa shape index (κ3) is 2.03. The summed E-state index contributed by atoms with van der Waals surface area (Å²) >= 11 is 0. The van der Waals surface area contributed by atoms with Crippen LogP contribution < -0.4 is 20.3 Å². The number of anilines is 2. The Hall–Kier alpha value is -1.89. The van der Waals surface area contributed by atoms with Crippen molar-refractivity contribution in [2.24, 2.45) is 5.41 Å². The minimum absolute atomic E-state index is 0.179. The van der Waals surface area contributed by atoms with E-state index in [1.807, 2.05) is 0 Å². The molecule has 118 valence electrons. The fourth-order valence-corrected chi connectivity index (χ4v) is 3.55. The molecule has 1 aromatic rings. The van der Waals surface area contributed by atoms with Gasteiger partial charge in [0.05, 0.1) is 0 Å². The highest BCUT2D eigenvalue weighted by atomic mass is 16.5. The van der Waals surface area contributed by atoms with Gasteiger partial charge in [-0.1, -0.05) is 0 Å². The van der Waals surface area contributed by atoms with Gasteiger partial charge in [-0.3, -0.25) is 4.79 Å². The van der Waals surface area contributed by atoms with Gasteiger partial charge in [0, 0.05) is 25.0 Å². The van der Waals surface area contributed by atoms with Crippen LogP contribution in [0.4, 0.5) is 11.6 Å². The Labute approximate surface area is 129 Å². The van der Waals surface area contributed by atoms with Crippen LogP contribution in [0.15, 0.2) is 6.33 Å². The smallest absolute Gasteiger partial charge is 0.269 e. The predicted octanol–water partition coefficient (Wildman–Crippen LogP) is 0.776. The molecule has 4 heterocycles. The molecule has 2 saturated heterocycles. The maximum atomic E-state index is 12.0. The van der Waals surface area contributed by atoms with Crippen LogP contribution in [-0.2, 0) is 4.79 Å². The van der Waals surface area contributed by atoms with Crippen LogP contribution >= 0.6 is 0 Å². The molecule has 0 unspecified atom stereocenters. The van der Waals surface area contributed by atoms with Crippen molar-refractivity contribution in [2.45, 2.75) is 32.3 Å². The molecule has 22 heavy (non-hydrogen) atoms. The van der Waals surface area contributed by atoms with Crippen molar-refractivity contribution < 1.29 is 9.53 Å². The van der Waals surface area contributed by atoms with Crippen molar-refractivity contribution in [3.05, 3.63) is 6.33 Å². The molecular weight excluding hydrogens is 282 g/mol. The number of nitrogens with zero attached hydrogens (tertiary/aromatic N) is 3. The van der Waals surface area contributed by atoms with Gasteiger partial charge in [-0.15, -0.1) is 0 Å². The average Bonchev–Trinajstić information content (AvgIpc) is 2.46. The predicted molar refractivity (Wildman–Crippen MR) is 82.1 cm³/mol. The largest absolute Gasteiger partial charge is 0.470 e. The maximum absolute atomic E-state index is 12.0. The molecule has 2 fully saturated rings. The summed E-state index contributed by atoms with van der Waals surface area (Å²) in [6, 6.07) is 0. The number of carbonyl (C=O) groups excluding carboxylic acids is 1. The highest BCUT2D eigenvalue weighted by Crippen LogP contribution is 2.45. The lowest BCUT2D eigenvalue weighted by Crippen LogP contribution is -2.63. The maximum Gasteiger partial charge on any atom is 0.269 e. The highest BCUT2D eigenvalue weighted by Gasteiger charge is 2.46. The van der Waals surface area contributed by atoms with Gasteiger partial charge >= 0.3 is 0 Å². The van der Waals surface area contributed by atoms with Crippen LogP contribution in [0.3, 0.4) is 0 Å². The third-order valence-electron chi connectivity index (χ3n) is 4.83. The van der Waals surface area contributed by atoms with Gasteiger partial charge in [-0.05, 0) is 33.2 Å². The Balaban J connectivity index is 1.60. The molecule has 0 aliphatic carbocycles.